The van der Waals surface area contributed by atoms with Crippen molar-refractivity contribution in [1.29, 1.82) is 0 Å². The Kier molecular flexibility index (Phi) is 12.8. The highest BCUT2D eigenvalue weighted by Gasteiger charge is 2.23. The first-order valence-corrected chi connectivity index (χ1v) is 5.26. The third-order valence-electron chi connectivity index (χ3n) is 2.49. The summed E-state index contributed by atoms with van der Waals surface area (Å²) in [5, 5.41) is 0. The highest BCUT2D eigenvalue weighted by Crippen LogP contribution is 2.34. The quantitative estimate of drug-likeness (QED) is 0.441. The number of rotatable bonds is 0. The summed E-state index contributed by atoms with van der Waals surface area (Å²) < 4.78 is 0. The van der Waals surface area contributed by atoms with Crippen LogP contribution in [0.2, 0.25) is 0 Å². The van der Waals surface area contributed by atoms with Crippen LogP contribution >= 0.6 is 0 Å². The van der Waals surface area contributed by atoms with Crippen LogP contribution in [-0.4, -0.2) is 0 Å². The van der Waals surface area contributed by atoms with Crippen molar-refractivity contribution in [2.24, 2.45) is 11.3 Å². The zero-order chi connectivity index (χ0) is 9.61. The molecule has 1 rings (SSSR count). The van der Waals surface area contributed by atoms with E-state index in [1.807, 2.05) is 13.8 Å². The largest absolute Gasteiger partial charge is 0.0885 e. The molecule has 0 fully saturated rings. The molecule has 0 aromatic carbocycles. The Hall–Kier alpha value is -0.260. The average molecular weight is 200 g/mol. The Morgan fingerprint density at radius 3 is 1.71 bits per heavy atom. The van der Waals surface area contributed by atoms with Crippen molar-refractivity contribution < 1.29 is 0 Å². The van der Waals surface area contributed by atoms with Crippen molar-refractivity contribution in [1.82, 2.24) is 0 Å². The maximum absolute atomic E-state index is 2.34. The molecule has 1 atom stereocenters. The lowest BCUT2D eigenvalue weighted by Crippen LogP contribution is -2.20. The third-order valence-corrected chi connectivity index (χ3v) is 2.49. The molecule has 0 heterocycles. The van der Waals surface area contributed by atoms with Gasteiger partial charge in [0.2, 0.25) is 0 Å². The molecule has 0 nitrogen and oxygen atoms in total. The summed E-state index contributed by atoms with van der Waals surface area (Å²) in [5.41, 5.74) is 0.519. The van der Waals surface area contributed by atoms with Crippen LogP contribution in [0.5, 0.6) is 0 Å². The van der Waals surface area contributed by atoms with Gasteiger partial charge in [-0.25, -0.2) is 0 Å². The first kappa shape index (κ1) is 19.3. The molecule has 0 radical (unpaired) electrons. The first-order valence-electron chi connectivity index (χ1n) is 5.26. The van der Waals surface area contributed by atoms with Crippen LogP contribution in [0.3, 0.4) is 0 Å². The van der Waals surface area contributed by atoms with E-state index in [4.69, 9.17) is 0 Å². The molecular formula is C14H32. The summed E-state index contributed by atoms with van der Waals surface area (Å²) in [6.07, 6.45) is 8.62. The lowest BCUT2D eigenvalue weighted by molar-refractivity contribution is 0.223. The summed E-state index contributed by atoms with van der Waals surface area (Å²) in [6.45, 7) is 11.0. The normalized spacial score (nSPS) is 19.6. The van der Waals surface area contributed by atoms with Gasteiger partial charge in [-0.1, -0.05) is 61.6 Å². The zero-order valence-electron chi connectivity index (χ0n) is 9.35. The van der Waals surface area contributed by atoms with E-state index in [-0.39, 0.29) is 14.9 Å². The molecule has 0 aliphatic heterocycles. The summed E-state index contributed by atoms with van der Waals surface area (Å²) in [4.78, 5) is 0. The van der Waals surface area contributed by atoms with Crippen LogP contribution in [0, 0.1) is 11.3 Å². The fourth-order valence-electron chi connectivity index (χ4n) is 1.58. The Bertz CT molecular complexity index is 125. The fraction of sp³-hybridized carbons (Fsp3) is 0.857. The van der Waals surface area contributed by atoms with Crippen molar-refractivity contribution in [2.75, 3.05) is 0 Å². The average Bonchev–Trinajstić information content (AvgIpc) is 2.08. The second kappa shape index (κ2) is 9.30. The van der Waals surface area contributed by atoms with E-state index in [1.54, 1.807) is 0 Å². The lowest BCUT2D eigenvalue weighted by Gasteiger charge is -2.31. The first-order chi connectivity index (χ1) is 5.61. The maximum atomic E-state index is 2.34. The molecule has 1 aliphatic rings. The topological polar surface area (TPSA) is 0 Å². The molecule has 1 unspecified atom stereocenters. The van der Waals surface area contributed by atoms with Gasteiger partial charge >= 0.3 is 0 Å². The molecule has 14 heavy (non-hydrogen) atoms. The Labute approximate surface area is 92.8 Å². The van der Waals surface area contributed by atoms with E-state index in [0.717, 1.165) is 5.92 Å². The van der Waals surface area contributed by atoms with Crippen molar-refractivity contribution in [3.8, 4) is 0 Å². The van der Waals surface area contributed by atoms with E-state index in [0.29, 0.717) is 5.41 Å². The predicted octanol–water partition coefficient (Wildman–Crippen LogP) is 5.69. The molecule has 88 valence electrons. The molecule has 0 heteroatoms. The molecule has 1 aliphatic carbocycles. The van der Waals surface area contributed by atoms with Crippen LogP contribution in [0.25, 0.3) is 0 Å². The maximum Gasteiger partial charge on any atom is -0.0317 e. The predicted molar refractivity (Wildman–Crippen MR) is 70.7 cm³/mol. The van der Waals surface area contributed by atoms with Gasteiger partial charge in [-0.3, -0.25) is 0 Å². The highest BCUT2D eigenvalue weighted by molar-refractivity contribution is 4.93. The molecule has 0 N–H and O–H groups in total. The van der Waals surface area contributed by atoms with Gasteiger partial charge in [0.1, 0.15) is 0 Å². The van der Waals surface area contributed by atoms with E-state index in [1.165, 1.54) is 19.3 Å². The molecule has 0 spiro atoms. The van der Waals surface area contributed by atoms with E-state index >= 15 is 0 Å². The minimum absolute atomic E-state index is 0. The zero-order valence-corrected chi connectivity index (χ0v) is 9.35. The van der Waals surface area contributed by atoms with E-state index in [9.17, 15) is 0 Å². The Balaban J connectivity index is -0.000000284. The number of allylic oxidation sites excluding steroid dienone is 2. The minimum atomic E-state index is 0. The van der Waals surface area contributed by atoms with Gasteiger partial charge in [0, 0.05) is 0 Å². The molecule has 0 bridgehead atoms. The van der Waals surface area contributed by atoms with E-state index < -0.39 is 0 Å². The summed E-state index contributed by atoms with van der Waals surface area (Å²) in [6, 6.07) is 0. The number of hydrogen-bond donors (Lipinski definition) is 0. The van der Waals surface area contributed by atoms with Crippen molar-refractivity contribution in [2.45, 2.75) is 68.7 Å². The highest BCUT2D eigenvalue weighted by atomic mass is 14.3. The van der Waals surface area contributed by atoms with Gasteiger partial charge in [-0.15, -0.1) is 0 Å². The summed E-state index contributed by atoms with van der Waals surface area (Å²) >= 11 is 0. The van der Waals surface area contributed by atoms with Crippen molar-refractivity contribution >= 4 is 0 Å². The van der Waals surface area contributed by atoms with Gasteiger partial charge < -0.3 is 0 Å². The van der Waals surface area contributed by atoms with Crippen molar-refractivity contribution in [3.63, 3.8) is 0 Å². The van der Waals surface area contributed by atoms with Crippen LogP contribution < -0.4 is 0 Å². The summed E-state index contributed by atoms with van der Waals surface area (Å²) in [5.74, 6) is 0.914. The van der Waals surface area contributed by atoms with Gasteiger partial charge in [-0.2, -0.15) is 0 Å². The van der Waals surface area contributed by atoms with Gasteiger partial charge in [0.15, 0.2) is 0 Å². The molecule has 0 saturated carbocycles. The lowest BCUT2D eigenvalue weighted by atomic mass is 9.74. The SMILES string of the molecule is C.C.CC.CC(C)(C)C1CC=CCC1. The smallest absolute Gasteiger partial charge is 0.0317 e. The second-order valence-electron chi connectivity index (χ2n) is 4.35. The Morgan fingerprint density at radius 1 is 1.00 bits per heavy atom. The van der Waals surface area contributed by atoms with Gasteiger partial charge in [0.25, 0.3) is 0 Å². The molecule has 0 aromatic heterocycles. The summed E-state index contributed by atoms with van der Waals surface area (Å²) in [7, 11) is 0. The van der Waals surface area contributed by atoms with Crippen molar-refractivity contribution in [3.05, 3.63) is 12.2 Å². The van der Waals surface area contributed by atoms with E-state index in [2.05, 4.69) is 32.9 Å². The second-order valence-corrected chi connectivity index (χ2v) is 4.35. The third kappa shape index (κ3) is 7.17. The van der Waals surface area contributed by atoms with Gasteiger partial charge in [-0.05, 0) is 30.6 Å². The molecular weight excluding hydrogens is 168 g/mol. The number of hydrogen-bond acceptors (Lipinski definition) is 0. The Morgan fingerprint density at radius 2 is 1.50 bits per heavy atom. The molecule has 0 aromatic rings. The minimum Gasteiger partial charge on any atom is -0.0885 e. The standard InChI is InChI=1S/C10H18.C2H6.2CH4/c1-10(2,3)9-7-5-4-6-8-9;1-2;;/h4-5,9H,6-8H2,1-3H3;1-2H3;2*1H4. The van der Waals surface area contributed by atoms with Crippen LogP contribution in [0.1, 0.15) is 68.7 Å². The van der Waals surface area contributed by atoms with Gasteiger partial charge in [0.05, 0.1) is 0 Å². The van der Waals surface area contributed by atoms with Crippen LogP contribution in [0.15, 0.2) is 12.2 Å². The monoisotopic (exact) mass is 200 g/mol. The molecule has 0 amide bonds. The van der Waals surface area contributed by atoms with Crippen LogP contribution in [0.4, 0.5) is 0 Å². The van der Waals surface area contributed by atoms with Crippen LogP contribution in [-0.2, 0) is 0 Å². The molecule has 0 saturated heterocycles. The fourth-order valence-corrected chi connectivity index (χ4v) is 1.58.